The second-order valence-corrected chi connectivity index (χ2v) is 5.77. The van der Waals surface area contributed by atoms with E-state index in [1.807, 2.05) is 24.3 Å². The summed E-state index contributed by atoms with van der Waals surface area (Å²) in [6, 6.07) is 7.48. The van der Waals surface area contributed by atoms with Gasteiger partial charge in [-0.2, -0.15) is 0 Å². The minimum atomic E-state index is -0.156. The van der Waals surface area contributed by atoms with Gasteiger partial charge in [-0.15, -0.1) is 0 Å². The van der Waals surface area contributed by atoms with Gasteiger partial charge in [-0.25, -0.2) is 0 Å². The Morgan fingerprint density at radius 3 is 2.50 bits per heavy atom. The number of aromatic amines is 1. The molecule has 2 saturated heterocycles. The Labute approximate surface area is 126 Å². The fourth-order valence-electron chi connectivity index (χ4n) is 3.20. The van der Waals surface area contributed by atoms with Gasteiger partial charge in [-0.05, 0) is 6.07 Å². The summed E-state index contributed by atoms with van der Waals surface area (Å²) in [5.74, 6) is -0.295. The van der Waals surface area contributed by atoms with Gasteiger partial charge in [0, 0.05) is 43.0 Å². The summed E-state index contributed by atoms with van der Waals surface area (Å²) in [4.78, 5) is 42.0. The summed E-state index contributed by atoms with van der Waals surface area (Å²) in [6.45, 7) is 0.853. The van der Waals surface area contributed by atoms with Crippen molar-refractivity contribution in [1.82, 2.24) is 14.8 Å². The zero-order valence-electron chi connectivity index (χ0n) is 11.9. The maximum atomic E-state index is 12.5. The Morgan fingerprint density at radius 1 is 1.09 bits per heavy atom. The van der Waals surface area contributed by atoms with Gasteiger partial charge in [0.05, 0.1) is 11.6 Å². The molecule has 3 amide bonds. The molecule has 2 aliphatic heterocycles. The van der Waals surface area contributed by atoms with Crippen molar-refractivity contribution in [2.75, 3.05) is 13.1 Å². The number of carbonyl (C=O) groups is 3. The summed E-state index contributed by atoms with van der Waals surface area (Å²) in [6.07, 6.45) is 2.31. The molecule has 4 rings (SSSR count). The number of para-hydroxylation sites is 1. The predicted molar refractivity (Wildman–Crippen MR) is 79.1 cm³/mol. The Kier molecular flexibility index (Phi) is 2.79. The molecule has 2 aliphatic rings. The van der Waals surface area contributed by atoms with E-state index in [-0.39, 0.29) is 23.8 Å². The molecule has 0 radical (unpaired) electrons. The van der Waals surface area contributed by atoms with Crippen LogP contribution in [0.5, 0.6) is 0 Å². The molecule has 6 nitrogen and oxygen atoms in total. The zero-order valence-corrected chi connectivity index (χ0v) is 11.9. The van der Waals surface area contributed by atoms with Crippen molar-refractivity contribution in [3.8, 4) is 0 Å². The number of benzene rings is 1. The van der Waals surface area contributed by atoms with Crippen molar-refractivity contribution in [2.24, 2.45) is 0 Å². The average Bonchev–Trinajstić information content (AvgIpc) is 3.03. The van der Waals surface area contributed by atoms with E-state index < -0.39 is 0 Å². The van der Waals surface area contributed by atoms with E-state index in [0.29, 0.717) is 31.5 Å². The van der Waals surface area contributed by atoms with Crippen LogP contribution in [-0.4, -0.2) is 51.6 Å². The third kappa shape index (κ3) is 1.83. The van der Waals surface area contributed by atoms with Crippen molar-refractivity contribution >= 4 is 28.6 Å². The molecule has 3 heterocycles. The van der Waals surface area contributed by atoms with Gasteiger partial charge < -0.3 is 9.88 Å². The summed E-state index contributed by atoms with van der Waals surface area (Å²) in [5.41, 5.74) is 1.56. The molecule has 0 atom stereocenters. The first-order chi connectivity index (χ1) is 10.6. The van der Waals surface area contributed by atoms with Crippen LogP contribution in [-0.2, 0) is 9.59 Å². The van der Waals surface area contributed by atoms with Gasteiger partial charge in [0.2, 0.25) is 11.8 Å². The number of carbonyl (C=O) groups excluding carboxylic acids is 3. The first kappa shape index (κ1) is 13.1. The lowest BCUT2D eigenvalue weighted by Gasteiger charge is -2.42. The third-order valence-electron chi connectivity index (χ3n) is 4.42. The van der Waals surface area contributed by atoms with Crippen LogP contribution in [0.25, 0.3) is 10.9 Å². The molecule has 6 heteroatoms. The second kappa shape index (κ2) is 4.69. The van der Waals surface area contributed by atoms with E-state index in [9.17, 15) is 14.4 Å². The summed E-state index contributed by atoms with van der Waals surface area (Å²) < 4.78 is 0. The van der Waals surface area contributed by atoms with Crippen molar-refractivity contribution in [3.05, 3.63) is 36.0 Å². The highest BCUT2D eigenvalue weighted by molar-refractivity contribution is 6.07. The molecule has 0 bridgehead atoms. The van der Waals surface area contributed by atoms with Crippen molar-refractivity contribution in [3.63, 3.8) is 0 Å². The van der Waals surface area contributed by atoms with Crippen LogP contribution < -0.4 is 0 Å². The lowest BCUT2D eigenvalue weighted by Crippen LogP contribution is -2.62. The molecule has 1 N–H and O–H groups in total. The number of fused-ring (bicyclic) bond motifs is 1. The fourth-order valence-corrected chi connectivity index (χ4v) is 3.20. The maximum absolute atomic E-state index is 12.5. The number of H-pyrrole nitrogens is 1. The van der Waals surface area contributed by atoms with E-state index in [1.165, 1.54) is 4.90 Å². The van der Waals surface area contributed by atoms with Gasteiger partial charge >= 0.3 is 0 Å². The number of hydrogen-bond donors (Lipinski definition) is 1. The number of imide groups is 1. The van der Waals surface area contributed by atoms with Crippen LogP contribution in [0.4, 0.5) is 0 Å². The topological polar surface area (TPSA) is 73.5 Å². The first-order valence-corrected chi connectivity index (χ1v) is 7.35. The van der Waals surface area contributed by atoms with Crippen molar-refractivity contribution in [2.45, 2.75) is 18.9 Å². The van der Waals surface area contributed by atoms with Crippen molar-refractivity contribution < 1.29 is 14.4 Å². The Hall–Kier alpha value is -2.63. The number of nitrogens with zero attached hydrogens (tertiary/aromatic N) is 2. The van der Waals surface area contributed by atoms with Gasteiger partial charge in [-0.1, -0.05) is 18.2 Å². The van der Waals surface area contributed by atoms with Crippen molar-refractivity contribution in [1.29, 1.82) is 0 Å². The molecule has 0 spiro atoms. The first-order valence-electron chi connectivity index (χ1n) is 7.35. The largest absolute Gasteiger partial charge is 0.360 e. The maximum Gasteiger partial charge on any atom is 0.256 e. The van der Waals surface area contributed by atoms with Crippen LogP contribution in [0.2, 0.25) is 0 Å². The Bertz CT molecular complexity index is 773. The highest BCUT2D eigenvalue weighted by Gasteiger charge is 2.43. The molecule has 22 heavy (non-hydrogen) atoms. The van der Waals surface area contributed by atoms with E-state index in [2.05, 4.69) is 4.98 Å². The molecule has 2 fully saturated rings. The zero-order chi connectivity index (χ0) is 15.3. The van der Waals surface area contributed by atoms with Gasteiger partial charge in [0.1, 0.15) is 0 Å². The summed E-state index contributed by atoms with van der Waals surface area (Å²) in [5, 5.41) is 0.893. The minimum absolute atomic E-state index is 0.0622. The van der Waals surface area contributed by atoms with Gasteiger partial charge in [0.25, 0.3) is 5.91 Å². The van der Waals surface area contributed by atoms with Gasteiger partial charge in [-0.3, -0.25) is 19.3 Å². The van der Waals surface area contributed by atoms with Crippen LogP contribution in [0.1, 0.15) is 23.2 Å². The Morgan fingerprint density at radius 2 is 1.77 bits per heavy atom. The van der Waals surface area contributed by atoms with Crippen LogP contribution in [0.15, 0.2) is 30.5 Å². The Balaban J connectivity index is 1.50. The predicted octanol–water partition coefficient (Wildman–Crippen LogP) is 1.14. The number of amides is 3. The molecular weight excluding hydrogens is 282 g/mol. The van der Waals surface area contributed by atoms with E-state index >= 15 is 0 Å². The molecule has 112 valence electrons. The SMILES string of the molecule is O=C(c1c[nH]c2ccccc12)N1CC(N2C(=O)CCC2=O)C1. The van der Waals surface area contributed by atoms with Crippen LogP contribution >= 0.6 is 0 Å². The lowest BCUT2D eigenvalue weighted by molar-refractivity contribution is -0.144. The third-order valence-corrected chi connectivity index (χ3v) is 4.42. The minimum Gasteiger partial charge on any atom is -0.360 e. The van der Waals surface area contributed by atoms with E-state index in [4.69, 9.17) is 0 Å². The molecule has 1 aromatic carbocycles. The lowest BCUT2D eigenvalue weighted by atomic mass is 10.0. The standard InChI is InChI=1S/C16H15N3O3/c20-14-5-6-15(21)19(14)10-8-18(9-10)16(22)12-7-17-13-4-2-1-3-11(12)13/h1-4,7,10,17H,5-6,8-9H2. The van der Waals surface area contributed by atoms with Gasteiger partial charge in [0.15, 0.2) is 0 Å². The van der Waals surface area contributed by atoms with Crippen LogP contribution in [0, 0.1) is 0 Å². The highest BCUT2D eigenvalue weighted by Crippen LogP contribution is 2.26. The van der Waals surface area contributed by atoms with Crippen LogP contribution in [0.3, 0.4) is 0 Å². The highest BCUT2D eigenvalue weighted by atomic mass is 16.2. The number of nitrogens with one attached hydrogen (secondary N) is 1. The molecular formula is C16H15N3O3. The molecule has 0 aliphatic carbocycles. The second-order valence-electron chi connectivity index (χ2n) is 5.77. The van der Waals surface area contributed by atoms with E-state index in [1.54, 1.807) is 11.1 Å². The fraction of sp³-hybridized carbons (Fsp3) is 0.312. The molecule has 0 unspecified atom stereocenters. The average molecular weight is 297 g/mol. The normalized spacial score (nSPS) is 19.1. The smallest absolute Gasteiger partial charge is 0.256 e. The monoisotopic (exact) mass is 297 g/mol. The summed E-state index contributed by atoms with van der Waals surface area (Å²) in [7, 11) is 0. The molecule has 2 aromatic rings. The quantitative estimate of drug-likeness (QED) is 0.845. The number of aromatic nitrogens is 1. The summed E-state index contributed by atoms with van der Waals surface area (Å²) >= 11 is 0. The number of likely N-dealkylation sites (tertiary alicyclic amines) is 2. The number of rotatable bonds is 2. The van der Waals surface area contributed by atoms with E-state index in [0.717, 1.165) is 10.9 Å². The number of hydrogen-bond acceptors (Lipinski definition) is 3. The molecule has 1 aromatic heterocycles. The molecule has 0 saturated carbocycles.